The molecule has 146 valence electrons. The maximum atomic E-state index is 12.7. The number of anilines is 1. The van der Waals surface area contributed by atoms with E-state index in [0.717, 1.165) is 12.2 Å². The van der Waals surface area contributed by atoms with Crippen LogP contribution >= 0.6 is 0 Å². The van der Waals surface area contributed by atoms with Crippen LogP contribution in [0.3, 0.4) is 0 Å². The minimum absolute atomic E-state index is 0.0469. The fraction of sp³-hybridized carbons (Fsp3) is 0.556. The number of amides is 3. The molecule has 2 aliphatic heterocycles. The lowest BCUT2D eigenvalue weighted by Gasteiger charge is -2.35. The van der Waals surface area contributed by atoms with Gasteiger partial charge in [0.2, 0.25) is 6.41 Å². The van der Waals surface area contributed by atoms with Gasteiger partial charge in [-0.15, -0.1) is 0 Å². The first-order valence-electron chi connectivity index (χ1n) is 9.23. The van der Waals surface area contributed by atoms with Crippen molar-refractivity contribution in [2.75, 3.05) is 63.9 Å². The van der Waals surface area contributed by atoms with Crippen molar-refractivity contribution < 1.29 is 19.1 Å². The van der Waals surface area contributed by atoms with Gasteiger partial charge >= 0.3 is 6.09 Å². The summed E-state index contributed by atoms with van der Waals surface area (Å²) in [4.78, 5) is 46.9. The van der Waals surface area contributed by atoms with E-state index in [1.807, 2.05) is 0 Å². The van der Waals surface area contributed by atoms with E-state index in [1.165, 1.54) is 0 Å². The number of carbonyl (C=O) groups excluding carboxylic acids is 3. The number of rotatable bonds is 4. The molecule has 0 aromatic carbocycles. The minimum Gasteiger partial charge on any atom is -0.450 e. The highest BCUT2D eigenvalue weighted by atomic mass is 16.6. The molecule has 9 heteroatoms. The first-order chi connectivity index (χ1) is 13.1. The van der Waals surface area contributed by atoms with E-state index in [2.05, 4.69) is 9.88 Å². The highest BCUT2D eigenvalue weighted by Crippen LogP contribution is 2.17. The zero-order valence-corrected chi connectivity index (χ0v) is 15.5. The van der Waals surface area contributed by atoms with E-state index in [4.69, 9.17) is 4.74 Å². The van der Waals surface area contributed by atoms with Crippen molar-refractivity contribution in [3.05, 3.63) is 23.9 Å². The summed E-state index contributed by atoms with van der Waals surface area (Å²) in [5.41, 5.74) is 0.590. The van der Waals surface area contributed by atoms with Gasteiger partial charge in [0, 0.05) is 64.1 Å². The predicted octanol–water partition coefficient (Wildman–Crippen LogP) is 0.274. The summed E-state index contributed by atoms with van der Waals surface area (Å²) in [6, 6.07) is 3.52. The average molecular weight is 375 g/mol. The van der Waals surface area contributed by atoms with Gasteiger partial charge in [-0.2, -0.15) is 0 Å². The fourth-order valence-corrected chi connectivity index (χ4v) is 3.27. The first-order valence-corrected chi connectivity index (χ1v) is 9.23. The maximum Gasteiger partial charge on any atom is 0.409 e. The molecular formula is C18H25N5O4. The molecule has 9 nitrogen and oxygen atoms in total. The summed E-state index contributed by atoms with van der Waals surface area (Å²) >= 11 is 0. The predicted molar refractivity (Wildman–Crippen MR) is 98.6 cm³/mol. The maximum absolute atomic E-state index is 12.7. The summed E-state index contributed by atoms with van der Waals surface area (Å²) in [7, 11) is 0. The number of hydrogen-bond acceptors (Lipinski definition) is 6. The summed E-state index contributed by atoms with van der Waals surface area (Å²) in [5.74, 6) is 0.685. The number of aromatic nitrogens is 1. The summed E-state index contributed by atoms with van der Waals surface area (Å²) in [6.45, 7) is 6.75. The Morgan fingerprint density at radius 3 is 2.37 bits per heavy atom. The van der Waals surface area contributed by atoms with Gasteiger partial charge in [0.05, 0.1) is 6.61 Å². The molecule has 0 spiro atoms. The van der Waals surface area contributed by atoms with Crippen LogP contribution in [-0.2, 0) is 9.53 Å². The van der Waals surface area contributed by atoms with Gasteiger partial charge in [0.25, 0.3) is 5.91 Å². The Balaban J connectivity index is 1.60. The van der Waals surface area contributed by atoms with Gasteiger partial charge in [0.1, 0.15) is 5.82 Å². The smallest absolute Gasteiger partial charge is 0.409 e. The van der Waals surface area contributed by atoms with Crippen molar-refractivity contribution in [3.8, 4) is 0 Å². The molecule has 0 aliphatic carbocycles. The zero-order valence-electron chi connectivity index (χ0n) is 15.5. The Bertz CT molecular complexity index is 682. The van der Waals surface area contributed by atoms with E-state index < -0.39 is 0 Å². The molecule has 0 saturated carbocycles. The van der Waals surface area contributed by atoms with Crippen molar-refractivity contribution in [3.63, 3.8) is 0 Å². The Morgan fingerprint density at radius 1 is 1.07 bits per heavy atom. The number of pyridine rings is 1. The molecule has 0 N–H and O–H groups in total. The van der Waals surface area contributed by atoms with Gasteiger partial charge in [-0.05, 0) is 19.1 Å². The molecule has 2 aliphatic rings. The fourth-order valence-electron chi connectivity index (χ4n) is 3.27. The largest absolute Gasteiger partial charge is 0.450 e. The molecule has 0 bridgehead atoms. The molecule has 2 saturated heterocycles. The normalized spacial score (nSPS) is 17.7. The van der Waals surface area contributed by atoms with Crippen LogP contribution in [0, 0.1) is 0 Å². The van der Waals surface area contributed by atoms with Crippen molar-refractivity contribution in [1.29, 1.82) is 0 Å². The summed E-state index contributed by atoms with van der Waals surface area (Å²) in [6.07, 6.45) is 2.17. The van der Waals surface area contributed by atoms with Gasteiger partial charge in [0.15, 0.2) is 0 Å². The highest BCUT2D eigenvalue weighted by molar-refractivity contribution is 5.95. The second kappa shape index (κ2) is 8.70. The quantitative estimate of drug-likeness (QED) is 0.703. The number of carbonyl (C=O) groups is 3. The van der Waals surface area contributed by atoms with Crippen molar-refractivity contribution in [2.24, 2.45) is 0 Å². The van der Waals surface area contributed by atoms with E-state index in [0.29, 0.717) is 64.5 Å². The molecule has 1 aromatic rings. The number of ether oxygens (including phenoxy) is 1. The van der Waals surface area contributed by atoms with E-state index >= 15 is 0 Å². The third-order valence-corrected chi connectivity index (χ3v) is 4.87. The molecular weight excluding hydrogens is 350 g/mol. The van der Waals surface area contributed by atoms with Crippen molar-refractivity contribution in [2.45, 2.75) is 6.92 Å². The lowest BCUT2D eigenvalue weighted by Crippen LogP contribution is -2.49. The Morgan fingerprint density at radius 2 is 1.74 bits per heavy atom. The van der Waals surface area contributed by atoms with Gasteiger partial charge in [-0.3, -0.25) is 9.59 Å². The van der Waals surface area contributed by atoms with Crippen LogP contribution in [0.1, 0.15) is 17.3 Å². The molecule has 0 radical (unpaired) electrons. The molecule has 3 heterocycles. The third-order valence-electron chi connectivity index (χ3n) is 4.87. The Kier molecular flexibility index (Phi) is 6.10. The SMILES string of the molecule is CCOC(=O)N1CCN(c2cc(C(=O)N3CCN(C=O)CC3)ccn2)CC1. The van der Waals surface area contributed by atoms with Gasteiger partial charge in [-0.25, -0.2) is 9.78 Å². The van der Waals surface area contributed by atoms with E-state index in [1.54, 1.807) is 40.0 Å². The lowest BCUT2D eigenvalue weighted by atomic mass is 10.2. The molecule has 0 atom stereocenters. The second-order valence-electron chi connectivity index (χ2n) is 6.51. The van der Waals surface area contributed by atoms with E-state index in [-0.39, 0.29) is 12.0 Å². The summed E-state index contributed by atoms with van der Waals surface area (Å²) in [5, 5.41) is 0. The monoisotopic (exact) mass is 375 g/mol. The second-order valence-corrected chi connectivity index (χ2v) is 6.51. The van der Waals surface area contributed by atoms with Gasteiger partial charge in [-0.1, -0.05) is 0 Å². The molecule has 27 heavy (non-hydrogen) atoms. The zero-order chi connectivity index (χ0) is 19.2. The van der Waals surface area contributed by atoms with Crippen LogP contribution in [-0.4, -0.2) is 97.1 Å². The highest BCUT2D eigenvalue weighted by Gasteiger charge is 2.25. The van der Waals surface area contributed by atoms with Gasteiger partial charge < -0.3 is 24.3 Å². The van der Waals surface area contributed by atoms with Crippen LogP contribution in [0.4, 0.5) is 10.6 Å². The minimum atomic E-state index is -0.288. The Hall–Kier alpha value is -2.84. The molecule has 2 fully saturated rings. The topological polar surface area (TPSA) is 86.3 Å². The van der Waals surface area contributed by atoms with Crippen molar-refractivity contribution in [1.82, 2.24) is 19.7 Å². The standard InChI is InChI=1S/C18H25N5O4/c1-2-27-18(26)23-11-9-21(10-12-23)16-13-15(3-4-19-16)17(25)22-7-5-20(14-24)6-8-22/h3-4,13-14H,2,5-12H2,1H3. The van der Waals surface area contributed by atoms with Crippen molar-refractivity contribution >= 4 is 24.2 Å². The first kappa shape index (κ1) is 18.9. The van der Waals surface area contributed by atoms with E-state index in [9.17, 15) is 14.4 Å². The van der Waals surface area contributed by atoms with Crippen LogP contribution in [0.5, 0.6) is 0 Å². The molecule has 1 aromatic heterocycles. The average Bonchev–Trinajstić information content (AvgIpc) is 2.73. The van der Waals surface area contributed by atoms with Crippen LogP contribution in [0.15, 0.2) is 18.3 Å². The number of nitrogens with zero attached hydrogens (tertiary/aromatic N) is 5. The molecule has 3 rings (SSSR count). The van der Waals surface area contributed by atoms with Crippen LogP contribution < -0.4 is 4.90 Å². The number of hydrogen-bond donors (Lipinski definition) is 0. The molecule has 0 unspecified atom stereocenters. The third kappa shape index (κ3) is 4.47. The summed E-state index contributed by atoms with van der Waals surface area (Å²) < 4.78 is 5.03. The van der Waals surface area contributed by atoms with Crippen LogP contribution in [0.2, 0.25) is 0 Å². The Labute approximate surface area is 158 Å². The lowest BCUT2D eigenvalue weighted by molar-refractivity contribution is -0.119. The van der Waals surface area contributed by atoms with Crippen LogP contribution in [0.25, 0.3) is 0 Å². The molecule has 3 amide bonds. The number of piperazine rings is 2.